The van der Waals surface area contributed by atoms with E-state index in [1.165, 1.54) is 0 Å². The fraction of sp³-hybridized carbons (Fsp3) is 0.765. The third-order valence-corrected chi connectivity index (χ3v) is 5.49. The molecular formula is C17H26F2N4O. The van der Waals surface area contributed by atoms with Gasteiger partial charge in [0.25, 0.3) is 0 Å². The number of likely N-dealkylation sites (tertiary alicyclic amines) is 1. The Morgan fingerprint density at radius 1 is 1.33 bits per heavy atom. The second kappa shape index (κ2) is 7.07. The number of piperidine rings is 1. The number of urea groups is 1. The van der Waals surface area contributed by atoms with E-state index in [0.717, 1.165) is 13.0 Å². The third-order valence-electron chi connectivity index (χ3n) is 5.49. The largest absolute Gasteiger partial charge is 0.338 e. The Morgan fingerprint density at radius 3 is 2.75 bits per heavy atom. The number of carbonyl (C=O) groups is 1. The maximum absolute atomic E-state index is 13.2. The molecule has 2 amide bonds. The molecule has 2 aliphatic rings. The fourth-order valence-electron chi connectivity index (χ4n) is 3.73. The summed E-state index contributed by atoms with van der Waals surface area (Å²) in [5, 5.41) is 2.95. The molecule has 0 aromatic carbocycles. The van der Waals surface area contributed by atoms with Gasteiger partial charge in [0.2, 0.25) is 5.92 Å². The molecule has 1 aliphatic heterocycles. The SMILES string of the molecule is C[C@H]1CCN(C(=O)NCC2CCC(F)(F)CC2)C[C@H]1n1ccnc1. The maximum Gasteiger partial charge on any atom is 0.317 e. The van der Waals surface area contributed by atoms with Gasteiger partial charge in [-0.05, 0) is 31.1 Å². The van der Waals surface area contributed by atoms with Crippen molar-refractivity contribution in [2.45, 2.75) is 51.0 Å². The van der Waals surface area contributed by atoms with Gasteiger partial charge in [-0.2, -0.15) is 0 Å². The summed E-state index contributed by atoms with van der Waals surface area (Å²) in [5.41, 5.74) is 0. The fourth-order valence-corrected chi connectivity index (χ4v) is 3.73. The van der Waals surface area contributed by atoms with Gasteiger partial charge in [-0.1, -0.05) is 6.92 Å². The zero-order chi connectivity index (χ0) is 17.2. The lowest BCUT2D eigenvalue weighted by molar-refractivity contribution is -0.0452. The van der Waals surface area contributed by atoms with Gasteiger partial charge in [0.05, 0.1) is 12.4 Å². The molecule has 3 rings (SSSR count). The summed E-state index contributed by atoms with van der Waals surface area (Å²) in [5.74, 6) is -1.85. The topological polar surface area (TPSA) is 50.2 Å². The molecule has 1 aromatic rings. The van der Waals surface area contributed by atoms with E-state index in [0.29, 0.717) is 31.8 Å². The average molecular weight is 340 g/mol. The highest BCUT2D eigenvalue weighted by atomic mass is 19.3. The van der Waals surface area contributed by atoms with Crippen molar-refractivity contribution in [1.82, 2.24) is 19.8 Å². The van der Waals surface area contributed by atoms with Gasteiger partial charge in [-0.25, -0.2) is 18.6 Å². The Hall–Kier alpha value is -1.66. The average Bonchev–Trinajstić information content (AvgIpc) is 3.08. The number of carbonyl (C=O) groups excluding carboxylic acids is 1. The number of imidazole rings is 1. The van der Waals surface area contributed by atoms with Crippen molar-refractivity contribution < 1.29 is 13.6 Å². The van der Waals surface area contributed by atoms with Gasteiger partial charge >= 0.3 is 6.03 Å². The molecule has 0 spiro atoms. The molecule has 1 aliphatic carbocycles. The van der Waals surface area contributed by atoms with Crippen LogP contribution in [0.4, 0.5) is 13.6 Å². The van der Waals surface area contributed by atoms with Crippen molar-refractivity contribution in [1.29, 1.82) is 0 Å². The lowest BCUT2D eigenvalue weighted by Crippen LogP contribution is -2.49. The molecule has 1 saturated carbocycles. The molecular weight excluding hydrogens is 314 g/mol. The Kier molecular flexibility index (Phi) is 5.06. The highest BCUT2D eigenvalue weighted by molar-refractivity contribution is 5.74. The first kappa shape index (κ1) is 17.2. The second-order valence-corrected chi connectivity index (χ2v) is 7.27. The van der Waals surface area contributed by atoms with Crippen LogP contribution >= 0.6 is 0 Å². The molecule has 2 atom stereocenters. The Labute approximate surface area is 141 Å². The molecule has 0 radical (unpaired) electrons. The van der Waals surface area contributed by atoms with E-state index >= 15 is 0 Å². The minimum atomic E-state index is -2.51. The van der Waals surface area contributed by atoms with Crippen molar-refractivity contribution in [3.05, 3.63) is 18.7 Å². The molecule has 0 bridgehead atoms. The zero-order valence-corrected chi connectivity index (χ0v) is 14.1. The van der Waals surface area contributed by atoms with Gasteiger partial charge in [0.15, 0.2) is 0 Å². The first-order valence-electron chi connectivity index (χ1n) is 8.83. The van der Waals surface area contributed by atoms with E-state index in [1.807, 2.05) is 11.1 Å². The van der Waals surface area contributed by atoms with Crippen LogP contribution in [-0.2, 0) is 0 Å². The molecule has 2 fully saturated rings. The predicted molar refractivity (Wildman–Crippen MR) is 86.9 cm³/mol. The zero-order valence-electron chi connectivity index (χ0n) is 14.1. The number of amides is 2. The van der Waals surface area contributed by atoms with Gasteiger partial charge in [0, 0.05) is 44.9 Å². The van der Waals surface area contributed by atoms with Crippen LogP contribution in [0.25, 0.3) is 0 Å². The van der Waals surface area contributed by atoms with Crippen molar-refractivity contribution in [3.63, 3.8) is 0 Å². The summed E-state index contributed by atoms with van der Waals surface area (Å²) in [6.45, 7) is 4.09. The maximum atomic E-state index is 13.2. The number of nitrogens with one attached hydrogen (secondary N) is 1. The van der Waals surface area contributed by atoms with Crippen molar-refractivity contribution in [2.75, 3.05) is 19.6 Å². The summed E-state index contributed by atoms with van der Waals surface area (Å²) in [7, 11) is 0. The van der Waals surface area contributed by atoms with E-state index in [4.69, 9.17) is 0 Å². The minimum Gasteiger partial charge on any atom is -0.338 e. The van der Waals surface area contributed by atoms with E-state index in [1.54, 1.807) is 12.5 Å². The number of hydrogen-bond donors (Lipinski definition) is 1. The van der Waals surface area contributed by atoms with Crippen molar-refractivity contribution >= 4 is 6.03 Å². The van der Waals surface area contributed by atoms with Gasteiger partial charge in [-0.3, -0.25) is 0 Å². The van der Waals surface area contributed by atoms with Crippen molar-refractivity contribution in [3.8, 4) is 0 Å². The smallest absolute Gasteiger partial charge is 0.317 e. The van der Waals surface area contributed by atoms with Crippen molar-refractivity contribution in [2.24, 2.45) is 11.8 Å². The van der Waals surface area contributed by atoms with Crippen LogP contribution in [0.15, 0.2) is 18.7 Å². The van der Waals surface area contributed by atoms with Gasteiger partial charge in [-0.15, -0.1) is 0 Å². The summed E-state index contributed by atoms with van der Waals surface area (Å²) >= 11 is 0. The normalized spacial score (nSPS) is 27.9. The molecule has 5 nitrogen and oxygen atoms in total. The Balaban J connectivity index is 1.48. The molecule has 1 aromatic heterocycles. The molecule has 1 saturated heterocycles. The number of alkyl halides is 2. The summed E-state index contributed by atoms with van der Waals surface area (Å²) in [6, 6.07) is 0.157. The van der Waals surface area contributed by atoms with Crippen LogP contribution in [0.5, 0.6) is 0 Å². The minimum absolute atomic E-state index is 0.0581. The molecule has 134 valence electrons. The number of nitrogens with zero attached hydrogens (tertiary/aromatic N) is 3. The third kappa shape index (κ3) is 4.05. The van der Waals surface area contributed by atoms with Crippen LogP contribution in [0.1, 0.15) is 45.1 Å². The number of hydrogen-bond acceptors (Lipinski definition) is 2. The van der Waals surface area contributed by atoms with E-state index < -0.39 is 5.92 Å². The molecule has 7 heteroatoms. The predicted octanol–water partition coefficient (Wildman–Crippen LogP) is 3.30. The number of rotatable bonds is 3. The second-order valence-electron chi connectivity index (χ2n) is 7.27. The summed E-state index contributed by atoms with van der Waals surface area (Å²) in [4.78, 5) is 18.4. The van der Waals surface area contributed by atoms with Gasteiger partial charge < -0.3 is 14.8 Å². The van der Waals surface area contributed by atoms with E-state index in [2.05, 4.69) is 21.8 Å². The summed E-state index contributed by atoms with van der Waals surface area (Å²) < 4.78 is 28.4. The van der Waals surface area contributed by atoms with Crippen LogP contribution in [0, 0.1) is 11.8 Å². The van der Waals surface area contributed by atoms with E-state index in [-0.39, 0.29) is 30.8 Å². The van der Waals surface area contributed by atoms with Crippen LogP contribution in [-0.4, -0.2) is 46.0 Å². The Morgan fingerprint density at radius 2 is 2.08 bits per heavy atom. The Bertz CT molecular complexity index is 539. The first-order valence-corrected chi connectivity index (χ1v) is 8.83. The quantitative estimate of drug-likeness (QED) is 0.918. The standard InChI is InChI=1S/C17H26F2N4O/c1-13-4-8-22(11-15(13)23-9-7-20-12-23)16(24)21-10-14-2-5-17(18,19)6-3-14/h7,9,12-15H,2-6,8,10-11H2,1H3,(H,21,24)/t13-,15+/m0/s1. The highest BCUT2D eigenvalue weighted by Crippen LogP contribution is 2.35. The molecule has 24 heavy (non-hydrogen) atoms. The lowest BCUT2D eigenvalue weighted by Gasteiger charge is -2.38. The monoisotopic (exact) mass is 340 g/mol. The molecule has 2 heterocycles. The first-order chi connectivity index (χ1) is 11.4. The summed E-state index contributed by atoms with van der Waals surface area (Å²) in [6.07, 6.45) is 7.30. The molecule has 0 unspecified atom stereocenters. The van der Waals surface area contributed by atoms with E-state index in [9.17, 15) is 13.6 Å². The number of aromatic nitrogens is 2. The van der Waals surface area contributed by atoms with Crippen LogP contribution in [0.2, 0.25) is 0 Å². The number of halogens is 2. The van der Waals surface area contributed by atoms with Crippen LogP contribution in [0.3, 0.4) is 0 Å². The molecule has 1 N–H and O–H groups in total. The lowest BCUT2D eigenvalue weighted by atomic mass is 9.87. The highest BCUT2D eigenvalue weighted by Gasteiger charge is 2.35. The van der Waals surface area contributed by atoms with Crippen LogP contribution < -0.4 is 5.32 Å². The van der Waals surface area contributed by atoms with Gasteiger partial charge in [0.1, 0.15) is 0 Å².